The van der Waals surface area contributed by atoms with Crippen LogP contribution in [0.4, 0.5) is 0 Å². The standard InChI is InChI=1S/C17H26N2O2/c1-5-11-19-17(4,13-18)12-14(3)21-16-10-8-7-9-15(16)20-6-2/h7-10,14,19H,5-6,11-12H2,1-4H3. The van der Waals surface area contributed by atoms with Gasteiger partial charge in [0.1, 0.15) is 5.54 Å². The van der Waals surface area contributed by atoms with Gasteiger partial charge in [-0.15, -0.1) is 0 Å². The van der Waals surface area contributed by atoms with Gasteiger partial charge >= 0.3 is 0 Å². The van der Waals surface area contributed by atoms with E-state index in [0.717, 1.165) is 24.5 Å². The zero-order chi connectivity index (χ0) is 15.7. The zero-order valence-corrected chi connectivity index (χ0v) is 13.5. The Labute approximate surface area is 128 Å². The molecule has 1 N–H and O–H groups in total. The molecule has 1 aromatic carbocycles. The normalized spacial score (nSPS) is 14.8. The van der Waals surface area contributed by atoms with Gasteiger partial charge in [-0.05, 0) is 45.9 Å². The van der Waals surface area contributed by atoms with E-state index in [1.807, 2.05) is 45.0 Å². The number of nitrogens with zero attached hydrogens (tertiary/aromatic N) is 1. The molecule has 0 saturated carbocycles. The number of nitriles is 1. The first-order valence-corrected chi connectivity index (χ1v) is 7.59. The average Bonchev–Trinajstić information content (AvgIpc) is 2.47. The lowest BCUT2D eigenvalue weighted by atomic mass is 9.96. The summed E-state index contributed by atoms with van der Waals surface area (Å²) < 4.78 is 11.5. The second kappa shape index (κ2) is 8.53. The van der Waals surface area contributed by atoms with Gasteiger partial charge in [-0.1, -0.05) is 19.1 Å². The van der Waals surface area contributed by atoms with E-state index in [1.165, 1.54) is 0 Å². The summed E-state index contributed by atoms with van der Waals surface area (Å²) >= 11 is 0. The molecule has 0 heterocycles. The minimum Gasteiger partial charge on any atom is -0.490 e. The van der Waals surface area contributed by atoms with Crippen LogP contribution in [0.3, 0.4) is 0 Å². The molecule has 0 bridgehead atoms. The zero-order valence-electron chi connectivity index (χ0n) is 13.5. The molecule has 0 aliphatic rings. The van der Waals surface area contributed by atoms with Crippen molar-refractivity contribution in [2.75, 3.05) is 13.2 Å². The van der Waals surface area contributed by atoms with E-state index in [4.69, 9.17) is 9.47 Å². The first-order chi connectivity index (χ1) is 10.0. The summed E-state index contributed by atoms with van der Waals surface area (Å²) in [6.45, 7) is 9.35. The van der Waals surface area contributed by atoms with Gasteiger partial charge in [0, 0.05) is 6.42 Å². The minimum absolute atomic E-state index is 0.0828. The molecule has 0 fully saturated rings. The fourth-order valence-electron chi connectivity index (χ4n) is 2.21. The maximum atomic E-state index is 9.37. The quantitative estimate of drug-likeness (QED) is 0.756. The molecule has 1 rings (SSSR count). The van der Waals surface area contributed by atoms with E-state index in [2.05, 4.69) is 18.3 Å². The largest absolute Gasteiger partial charge is 0.490 e. The predicted molar refractivity (Wildman–Crippen MR) is 84.6 cm³/mol. The smallest absolute Gasteiger partial charge is 0.161 e. The number of hydrogen-bond donors (Lipinski definition) is 1. The fourth-order valence-corrected chi connectivity index (χ4v) is 2.21. The molecule has 0 amide bonds. The number of hydrogen-bond acceptors (Lipinski definition) is 4. The van der Waals surface area contributed by atoms with Crippen LogP contribution in [-0.4, -0.2) is 24.8 Å². The lowest BCUT2D eigenvalue weighted by molar-refractivity contribution is 0.171. The van der Waals surface area contributed by atoms with Crippen LogP contribution in [0.25, 0.3) is 0 Å². The van der Waals surface area contributed by atoms with Crippen LogP contribution in [0, 0.1) is 11.3 Å². The molecule has 0 saturated heterocycles. The van der Waals surface area contributed by atoms with Crippen molar-refractivity contribution in [2.24, 2.45) is 0 Å². The highest BCUT2D eigenvalue weighted by Gasteiger charge is 2.26. The molecule has 1 aromatic rings. The van der Waals surface area contributed by atoms with Crippen LogP contribution in [0.2, 0.25) is 0 Å². The molecule has 4 nitrogen and oxygen atoms in total. The van der Waals surface area contributed by atoms with Crippen molar-refractivity contribution in [1.29, 1.82) is 5.26 Å². The van der Waals surface area contributed by atoms with Crippen LogP contribution in [0.1, 0.15) is 40.5 Å². The Hall–Kier alpha value is -1.73. The minimum atomic E-state index is -0.573. The molecular weight excluding hydrogens is 264 g/mol. The number of para-hydroxylation sites is 2. The Balaban J connectivity index is 2.68. The molecule has 0 aromatic heterocycles. The van der Waals surface area contributed by atoms with E-state index < -0.39 is 5.54 Å². The number of nitrogens with one attached hydrogen (secondary N) is 1. The first kappa shape index (κ1) is 17.3. The summed E-state index contributed by atoms with van der Waals surface area (Å²) in [7, 11) is 0. The third-order valence-corrected chi connectivity index (χ3v) is 3.18. The summed E-state index contributed by atoms with van der Waals surface area (Å²) in [5.74, 6) is 1.47. The molecule has 0 spiro atoms. The maximum absolute atomic E-state index is 9.37. The molecule has 2 atom stereocenters. The monoisotopic (exact) mass is 290 g/mol. The third kappa shape index (κ3) is 5.65. The summed E-state index contributed by atoms with van der Waals surface area (Å²) in [4.78, 5) is 0. The number of rotatable bonds is 9. The van der Waals surface area contributed by atoms with Crippen LogP contribution in [0.15, 0.2) is 24.3 Å². The van der Waals surface area contributed by atoms with Crippen LogP contribution in [-0.2, 0) is 0 Å². The highest BCUT2D eigenvalue weighted by atomic mass is 16.5. The molecule has 0 radical (unpaired) electrons. The summed E-state index contributed by atoms with van der Waals surface area (Å²) in [5, 5.41) is 12.7. The van der Waals surface area contributed by atoms with Gasteiger partial charge in [0.05, 0.1) is 18.8 Å². The van der Waals surface area contributed by atoms with Crippen LogP contribution >= 0.6 is 0 Å². The lowest BCUT2D eigenvalue weighted by Gasteiger charge is -2.27. The average molecular weight is 290 g/mol. The highest BCUT2D eigenvalue weighted by Crippen LogP contribution is 2.28. The third-order valence-electron chi connectivity index (χ3n) is 3.18. The number of benzene rings is 1. The highest BCUT2D eigenvalue weighted by molar-refractivity contribution is 5.39. The Morgan fingerprint density at radius 1 is 1.29 bits per heavy atom. The van der Waals surface area contributed by atoms with Gasteiger partial charge in [-0.2, -0.15) is 5.26 Å². The topological polar surface area (TPSA) is 54.3 Å². The van der Waals surface area contributed by atoms with Crippen molar-refractivity contribution in [2.45, 2.75) is 52.2 Å². The Morgan fingerprint density at radius 2 is 1.95 bits per heavy atom. The van der Waals surface area contributed by atoms with E-state index in [9.17, 15) is 5.26 Å². The fraction of sp³-hybridized carbons (Fsp3) is 0.588. The number of ether oxygens (including phenoxy) is 2. The second-order valence-electron chi connectivity index (χ2n) is 5.38. The van der Waals surface area contributed by atoms with E-state index in [1.54, 1.807) is 0 Å². The van der Waals surface area contributed by atoms with E-state index in [-0.39, 0.29) is 6.10 Å². The van der Waals surface area contributed by atoms with Crippen molar-refractivity contribution in [1.82, 2.24) is 5.32 Å². The van der Waals surface area contributed by atoms with Crippen molar-refractivity contribution < 1.29 is 9.47 Å². The SMILES string of the molecule is CCCNC(C)(C#N)CC(C)Oc1ccccc1OCC. The van der Waals surface area contributed by atoms with Crippen LogP contribution < -0.4 is 14.8 Å². The van der Waals surface area contributed by atoms with Gasteiger partial charge in [0.15, 0.2) is 11.5 Å². The Bertz CT molecular complexity index is 470. The predicted octanol–water partition coefficient (Wildman–Crippen LogP) is 3.52. The van der Waals surface area contributed by atoms with Gasteiger partial charge < -0.3 is 9.47 Å². The molecule has 21 heavy (non-hydrogen) atoms. The Morgan fingerprint density at radius 3 is 2.52 bits per heavy atom. The van der Waals surface area contributed by atoms with Gasteiger partial charge in [-0.25, -0.2) is 0 Å². The molecule has 4 heteroatoms. The summed E-state index contributed by atoms with van der Waals surface area (Å²) in [6, 6.07) is 9.98. The van der Waals surface area contributed by atoms with Crippen LogP contribution in [0.5, 0.6) is 11.5 Å². The van der Waals surface area contributed by atoms with Gasteiger partial charge in [0.2, 0.25) is 0 Å². The molecule has 0 aliphatic carbocycles. The molecule has 0 aliphatic heterocycles. The lowest BCUT2D eigenvalue weighted by Crippen LogP contribution is -2.44. The molecule has 2 unspecified atom stereocenters. The molecular formula is C17H26N2O2. The van der Waals surface area contributed by atoms with Crippen molar-refractivity contribution in [3.05, 3.63) is 24.3 Å². The van der Waals surface area contributed by atoms with E-state index >= 15 is 0 Å². The van der Waals surface area contributed by atoms with E-state index in [0.29, 0.717) is 13.0 Å². The second-order valence-corrected chi connectivity index (χ2v) is 5.38. The van der Waals surface area contributed by atoms with Gasteiger partial charge in [-0.3, -0.25) is 5.32 Å². The van der Waals surface area contributed by atoms with Crippen molar-refractivity contribution in [3.63, 3.8) is 0 Å². The first-order valence-electron chi connectivity index (χ1n) is 7.59. The molecule has 116 valence electrons. The van der Waals surface area contributed by atoms with Crippen molar-refractivity contribution in [3.8, 4) is 17.6 Å². The maximum Gasteiger partial charge on any atom is 0.161 e. The van der Waals surface area contributed by atoms with Gasteiger partial charge in [0.25, 0.3) is 0 Å². The van der Waals surface area contributed by atoms with Crippen molar-refractivity contribution >= 4 is 0 Å². The Kier molecular flexibility index (Phi) is 7.04. The summed E-state index contributed by atoms with van der Waals surface area (Å²) in [6.07, 6.45) is 1.53. The summed E-state index contributed by atoms with van der Waals surface area (Å²) in [5.41, 5.74) is -0.573.